The van der Waals surface area contributed by atoms with Crippen molar-refractivity contribution in [3.8, 4) is 33.6 Å². The van der Waals surface area contributed by atoms with Crippen LogP contribution in [0.15, 0.2) is 212 Å². The monoisotopic (exact) mass is 773 g/mol. The van der Waals surface area contributed by atoms with E-state index in [4.69, 9.17) is 0 Å². The molecule has 3 heteroatoms. The van der Waals surface area contributed by atoms with E-state index in [1.165, 1.54) is 126 Å². The number of rotatable bonds is 4. The summed E-state index contributed by atoms with van der Waals surface area (Å²) in [6.45, 7) is 0. The van der Waals surface area contributed by atoms with E-state index >= 15 is 0 Å². The van der Waals surface area contributed by atoms with E-state index < -0.39 is 0 Å². The van der Waals surface area contributed by atoms with Gasteiger partial charge in [0.25, 0.3) is 0 Å². The summed E-state index contributed by atoms with van der Waals surface area (Å²) in [5.74, 6) is 0. The number of nitrogens with zero attached hydrogens (tertiary/aromatic N) is 3. The number of hydrogen-bond acceptors (Lipinski definition) is 0. The summed E-state index contributed by atoms with van der Waals surface area (Å²) in [5.41, 5.74) is 15.9. The summed E-state index contributed by atoms with van der Waals surface area (Å²) in [6, 6.07) is 78.4. The molecular formula is C58H35N3. The number of hydrogen-bond donors (Lipinski definition) is 0. The van der Waals surface area contributed by atoms with Crippen molar-refractivity contribution in [2.75, 3.05) is 0 Å². The van der Waals surface area contributed by atoms with Gasteiger partial charge in [-0.25, -0.2) is 0 Å². The fourth-order valence-electron chi connectivity index (χ4n) is 10.7. The van der Waals surface area contributed by atoms with Crippen molar-refractivity contribution in [1.82, 2.24) is 13.5 Å². The van der Waals surface area contributed by atoms with Crippen LogP contribution < -0.4 is 0 Å². The van der Waals surface area contributed by atoms with Crippen LogP contribution in [-0.2, 0) is 0 Å². The first-order chi connectivity index (χ1) is 30.3. The Balaban J connectivity index is 0.884. The Labute approximate surface area is 350 Å². The Bertz CT molecular complexity index is 4010. The van der Waals surface area contributed by atoms with Crippen molar-refractivity contribution >= 4 is 92.5 Å². The molecule has 0 radical (unpaired) electrons. The molecule has 282 valence electrons. The lowest BCUT2D eigenvalue weighted by atomic mass is 9.98. The second kappa shape index (κ2) is 12.2. The number of benzene rings is 10. The van der Waals surface area contributed by atoms with Crippen LogP contribution in [0, 0.1) is 0 Å². The zero-order valence-corrected chi connectivity index (χ0v) is 33.0. The molecule has 10 aromatic carbocycles. The maximum Gasteiger partial charge on any atom is 0.0622 e. The van der Waals surface area contributed by atoms with Gasteiger partial charge in [-0.15, -0.1) is 0 Å². The molecule has 3 nitrogen and oxygen atoms in total. The van der Waals surface area contributed by atoms with Crippen LogP contribution in [0.5, 0.6) is 0 Å². The lowest BCUT2D eigenvalue weighted by molar-refractivity contribution is 1.19. The molecule has 0 fully saturated rings. The molecule has 4 heterocycles. The fourth-order valence-corrected chi connectivity index (χ4v) is 10.7. The molecule has 0 spiro atoms. The predicted molar refractivity (Wildman–Crippen MR) is 258 cm³/mol. The Morgan fingerprint density at radius 2 is 0.656 bits per heavy atom. The fraction of sp³-hybridized carbons (Fsp3) is 0. The van der Waals surface area contributed by atoms with E-state index in [1.807, 2.05) is 0 Å². The first kappa shape index (κ1) is 32.8. The minimum absolute atomic E-state index is 1.18. The maximum absolute atomic E-state index is 2.47. The molecule has 0 saturated carbocycles. The number of para-hydroxylation sites is 4. The zero-order valence-electron chi connectivity index (χ0n) is 33.0. The van der Waals surface area contributed by atoms with Gasteiger partial charge in [-0.1, -0.05) is 146 Å². The quantitative estimate of drug-likeness (QED) is 0.169. The minimum Gasteiger partial charge on any atom is -0.309 e. The molecule has 0 unspecified atom stereocenters. The maximum atomic E-state index is 2.47. The van der Waals surface area contributed by atoms with Crippen LogP contribution >= 0.6 is 0 Å². The average Bonchev–Trinajstić information content (AvgIpc) is 4.05. The lowest BCUT2D eigenvalue weighted by Crippen LogP contribution is -1.95. The molecule has 0 atom stereocenters. The molecule has 0 aliphatic carbocycles. The molecule has 0 saturated heterocycles. The van der Waals surface area contributed by atoms with Gasteiger partial charge in [-0.05, 0) is 94.4 Å². The van der Waals surface area contributed by atoms with E-state index in [1.54, 1.807) is 0 Å². The SMILES string of the molecule is c1ccc2c(-n3c4ccccc4c4cc(-c5ccc(-c6ccc7c(c6)c6ccccc6n7-c6cc7c8ccccc8n8c9ccccc9c(c6)c78)cc5)ccc43)cccc2c1. The van der Waals surface area contributed by atoms with Crippen LogP contribution in [-0.4, -0.2) is 13.5 Å². The number of fused-ring (bicyclic) bond motifs is 13. The molecule has 61 heavy (non-hydrogen) atoms. The van der Waals surface area contributed by atoms with Gasteiger partial charge < -0.3 is 13.5 Å². The van der Waals surface area contributed by atoms with Crippen LogP contribution in [0.2, 0.25) is 0 Å². The van der Waals surface area contributed by atoms with E-state index in [-0.39, 0.29) is 0 Å². The Kier molecular flexibility index (Phi) is 6.56. The van der Waals surface area contributed by atoms with Gasteiger partial charge in [-0.3, -0.25) is 0 Å². The first-order valence-corrected chi connectivity index (χ1v) is 21.1. The third-order valence-electron chi connectivity index (χ3n) is 13.4. The van der Waals surface area contributed by atoms with Crippen molar-refractivity contribution in [2.45, 2.75) is 0 Å². The van der Waals surface area contributed by atoms with E-state index in [0.29, 0.717) is 0 Å². The van der Waals surface area contributed by atoms with Crippen LogP contribution in [0.1, 0.15) is 0 Å². The van der Waals surface area contributed by atoms with Gasteiger partial charge >= 0.3 is 0 Å². The third-order valence-corrected chi connectivity index (χ3v) is 13.4. The predicted octanol–water partition coefficient (Wildman–Crippen LogP) is 15.5. The highest BCUT2D eigenvalue weighted by molar-refractivity contribution is 6.24. The standard InChI is InChI=1S/C58H35N3/c1-2-14-42-38(12-1)13-11-23-51(42)60-53-20-8-4-16-44(53)48-33-40(29-31-57(48)60)37-26-24-36(25-27-37)39-28-30-56-47(32-39)43-15-3-7-19-52(43)59(56)41-34-49-45-17-5-9-21-54(45)61-55-22-10-6-18-46(55)50(35-41)58(49)61/h1-35H. The van der Waals surface area contributed by atoms with Gasteiger partial charge in [0.1, 0.15) is 0 Å². The van der Waals surface area contributed by atoms with Gasteiger partial charge in [-0.2, -0.15) is 0 Å². The summed E-state index contributed by atoms with van der Waals surface area (Å²) < 4.78 is 7.35. The van der Waals surface area contributed by atoms with Crippen molar-refractivity contribution in [2.24, 2.45) is 0 Å². The molecular weight excluding hydrogens is 739 g/mol. The molecule has 0 N–H and O–H groups in total. The highest BCUT2D eigenvalue weighted by Gasteiger charge is 2.21. The van der Waals surface area contributed by atoms with Gasteiger partial charge in [0, 0.05) is 54.2 Å². The van der Waals surface area contributed by atoms with Crippen molar-refractivity contribution in [3.05, 3.63) is 212 Å². The second-order valence-electron chi connectivity index (χ2n) is 16.5. The molecule has 0 bridgehead atoms. The second-order valence-corrected chi connectivity index (χ2v) is 16.5. The third kappa shape index (κ3) is 4.52. The normalized spacial score (nSPS) is 12.3. The summed E-state index contributed by atoms with van der Waals surface area (Å²) in [6.07, 6.45) is 0. The van der Waals surface area contributed by atoms with Crippen molar-refractivity contribution in [3.63, 3.8) is 0 Å². The number of aromatic nitrogens is 3. The van der Waals surface area contributed by atoms with Crippen molar-refractivity contribution < 1.29 is 0 Å². The minimum atomic E-state index is 1.18. The Morgan fingerprint density at radius 1 is 0.246 bits per heavy atom. The Morgan fingerprint density at radius 3 is 1.23 bits per heavy atom. The van der Waals surface area contributed by atoms with E-state index in [9.17, 15) is 0 Å². The average molecular weight is 774 g/mol. The largest absolute Gasteiger partial charge is 0.309 e. The van der Waals surface area contributed by atoms with Crippen LogP contribution in [0.25, 0.3) is 126 Å². The summed E-state index contributed by atoms with van der Waals surface area (Å²) >= 11 is 0. The molecule has 14 rings (SSSR count). The highest BCUT2D eigenvalue weighted by Crippen LogP contribution is 2.43. The first-order valence-electron chi connectivity index (χ1n) is 21.1. The van der Waals surface area contributed by atoms with E-state index in [2.05, 4.69) is 226 Å². The van der Waals surface area contributed by atoms with Gasteiger partial charge in [0.15, 0.2) is 0 Å². The summed E-state index contributed by atoms with van der Waals surface area (Å²) in [5, 5.41) is 12.7. The summed E-state index contributed by atoms with van der Waals surface area (Å²) in [4.78, 5) is 0. The van der Waals surface area contributed by atoms with Gasteiger partial charge in [0.2, 0.25) is 0 Å². The smallest absolute Gasteiger partial charge is 0.0622 e. The lowest BCUT2D eigenvalue weighted by Gasteiger charge is -2.12. The van der Waals surface area contributed by atoms with Crippen LogP contribution in [0.3, 0.4) is 0 Å². The molecule has 14 aromatic rings. The van der Waals surface area contributed by atoms with Gasteiger partial charge in [0.05, 0.1) is 44.3 Å². The van der Waals surface area contributed by atoms with Crippen molar-refractivity contribution in [1.29, 1.82) is 0 Å². The van der Waals surface area contributed by atoms with E-state index in [0.717, 1.165) is 0 Å². The molecule has 0 aliphatic heterocycles. The Hall–Kier alpha value is -8.14. The molecule has 4 aromatic heterocycles. The highest BCUT2D eigenvalue weighted by atomic mass is 15.0. The summed E-state index contributed by atoms with van der Waals surface area (Å²) in [7, 11) is 0. The molecule has 0 amide bonds. The molecule has 0 aliphatic rings. The topological polar surface area (TPSA) is 14.3 Å². The van der Waals surface area contributed by atoms with Crippen LogP contribution in [0.4, 0.5) is 0 Å². The zero-order chi connectivity index (χ0) is 39.8.